The molecule has 148 valence electrons. The van der Waals surface area contributed by atoms with Crippen molar-refractivity contribution in [3.63, 3.8) is 0 Å². The maximum absolute atomic E-state index is 13.2. The molecule has 0 aliphatic heterocycles. The summed E-state index contributed by atoms with van der Waals surface area (Å²) in [6.45, 7) is 0. The summed E-state index contributed by atoms with van der Waals surface area (Å²) in [7, 11) is -9.59. The van der Waals surface area contributed by atoms with E-state index >= 15 is 0 Å². The van der Waals surface area contributed by atoms with Crippen molar-refractivity contribution >= 4 is 42.6 Å². The Morgan fingerprint density at radius 2 is 1.32 bits per heavy atom. The quantitative estimate of drug-likeness (QED) is 0.434. The molecule has 2 aromatic carbocycles. The summed E-state index contributed by atoms with van der Waals surface area (Å²) < 4.78 is 90.3. The van der Waals surface area contributed by atoms with Gasteiger partial charge in [-0.3, -0.25) is 9.11 Å². The number of fused-ring (bicyclic) bond motifs is 1. The van der Waals surface area contributed by atoms with Crippen molar-refractivity contribution in [2.45, 2.75) is 9.79 Å². The first kappa shape index (κ1) is 19.7. The lowest BCUT2D eigenvalue weighted by atomic mass is 10.1. The summed E-state index contributed by atoms with van der Waals surface area (Å²) in [5.41, 5.74) is -0.352. The first-order chi connectivity index (χ1) is 12.8. The molecule has 0 bridgehead atoms. The molecule has 3 aromatic rings. The third kappa shape index (κ3) is 3.96. The van der Waals surface area contributed by atoms with E-state index in [1.54, 1.807) is 0 Å². The second kappa shape index (κ2) is 6.55. The molecular weight excluding hydrogens is 426 g/mol. The highest BCUT2D eigenvalue weighted by molar-refractivity contribution is 7.86. The van der Waals surface area contributed by atoms with Gasteiger partial charge in [0.15, 0.2) is 0 Å². The summed E-state index contributed by atoms with van der Waals surface area (Å²) in [6.07, 6.45) is -2.99. The molecule has 0 spiro atoms. The highest BCUT2D eigenvalue weighted by atomic mass is 32.2. The maximum Gasteiger partial charge on any atom is 0.315 e. The number of nitrogens with one attached hydrogen (secondary N) is 1. The van der Waals surface area contributed by atoms with Crippen LogP contribution in [0.5, 0.6) is 5.75 Å². The largest absolute Gasteiger partial charge is 0.507 e. The number of phenolic OH excluding ortho intramolecular Hbond substituents is 1. The minimum Gasteiger partial charge on any atom is -0.507 e. The van der Waals surface area contributed by atoms with Gasteiger partial charge in [-0.2, -0.15) is 40.6 Å². The third-order valence-electron chi connectivity index (χ3n) is 3.40. The van der Waals surface area contributed by atoms with Gasteiger partial charge in [-0.15, -0.1) is 0 Å². The minimum absolute atomic E-state index is 0.221. The highest BCUT2D eigenvalue weighted by Crippen LogP contribution is 2.37. The van der Waals surface area contributed by atoms with Gasteiger partial charge in [-0.25, -0.2) is 0 Å². The van der Waals surface area contributed by atoms with E-state index in [2.05, 4.69) is 20.3 Å². The van der Waals surface area contributed by atoms with E-state index in [-0.39, 0.29) is 16.5 Å². The van der Waals surface area contributed by atoms with Crippen molar-refractivity contribution in [1.29, 1.82) is 0 Å². The van der Waals surface area contributed by atoms with Gasteiger partial charge in [0, 0.05) is 11.5 Å². The fourth-order valence-corrected chi connectivity index (χ4v) is 3.42. The van der Waals surface area contributed by atoms with Crippen molar-refractivity contribution in [3.05, 3.63) is 36.4 Å². The van der Waals surface area contributed by atoms with Crippen LogP contribution in [0, 0.1) is 12.2 Å². The molecule has 0 saturated heterocycles. The fourth-order valence-electron chi connectivity index (χ4n) is 2.34. The Bertz CT molecular complexity index is 1300. The maximum atomic E-state index is 13.2. The Morgan fingerprint density at radius 3 is 1.82 bits per heavy atom. The van der Waals surface area contributed by atoms with E-state index in [0.29, 0.717) is 6.07 Å². The average molecular weight is 434 g/mol. The normalized spacial score (nSPS) is 12.3. The molecule has 0 radical (unpaired) electrons. The number of benzene rings is 2. The minimum atomic E-state index is -4.82. The molecule has 11 nitrogen and oxygen atoms in total. The smallest absolute Gasteiger partial charge is 0.315 e. The van der Waals surface area contributed by atoms with Crippen LogP contribution in [0.3, 0.4) is 0 Å². The summed E-state index contributed by atoms with van der Waals surface area (Å²) in [5.74, 6) is -1.46. The predicted octanol–water partition coefficient (Wildman–Crippen LogP) is 1.25. The van der Waals surface area contributed by atoms with Crippen LogP contribution in [0.1, 0.15) is 0 Å². The lowest BCUT2D eigenvalue weighted by molar-refractivity contribution is 0.457. The standard InChI is InChI=1S/C13H8F2N4O7S2/c14-11-17-12(15)19-13(18-11)16-8-3-6(27(21,22)23)1-5-2-7(28(24,25)26)4-9(20)10(5)8/h1-4,20H,(H,21,22,23)(H,24,25,26)(H,16,17,18,19). The van der Waals surface area contributed by atoms with Gasteiger partial charge < -0.3 is 10.4 Å². The molecule has 0 amide bonds. The number of anilines is 2. The van der Waals surface area contributed by atoms with Gasteiger partial charge in [0.05, 0.1) is 15.5 Å². The molecule has 0 fully saturated rings. The van der Waals surface area contributed by atoms with Crippen LogP contribution >= 0.6 is 0 Å². The van der Waals surface area contributed by atoms with Crippen molar-refractivity contribution in [2.24, 2.45) is 0 Å². The zero-order valence-corrected chi connectivity index (χ0v) is 14.8. The zero-order valence-electron chi connectivity index (χ0n) is 13.2. The van der Waals surface area contributed by atoms with Gasteiger partial charge in [-0.1, -0.05) is 0 Å². The summed E-state index contributed by atoms with van der Waals surface area (Å²) in [4.78, 5) is 7.44. The second-order valence-electron chi connectivity index (χ2n) is 5.28. The van der Waals surface area contributed by atoms with Gasteiger partial charge in [0.1, 0.15) is 5.75 Å². The molecule has 1 aromatic heterocycles. The molecule has 0 unspecified atom stereocenters. The molecule has 0 aliphatic carbocycles. The van der Waals surface area contributed by atoms with Gasteiger partial charge in [-0.05, 0) is 23.6 Å². The number of phenols is 1. The first-order valence-electron chi connectivity index (χ1n) is 6.94. The van der Waals surface area contributed by atoms with Crippen molar-refractivity contribution < 1.29 is 39.8 Å². The van der Waals surface area contributed by atoms with Crippen LogP contribution in [-0.2, 0) is 20.2 Å². The Hall–Kier alpha value is -3.01. The van der Waals surface area contributed by atoms with E-state index < -0.39 is 53.9 Å². The molecule has 1 heterocycles. The topological polar surface area (TPSA) is 180 Å². The number of nitrogens with zero attached hydrogens (tertiary/aromatic N) is 3. The average Bonchev–Trinajstić information content (AvgIpc) is 2.51. The Balaban J connectivity index is 2.33. The lowest BCUT2D eigenvalue weighted by Crippen LogP contribution is -2.06. The van der Waals surface area contributed by atoms with E-state index in [1.165, 1.54) is 0 Å². The monoisotopic (exact) mass is 434 g/mol. The Kier molecular flexibility index (Phi) is 4.62. The van der Waals surface area contributed by atoms with E-state index in [4.69, 9.17) is 4.55 Å². The van der Waals surface area contributed by atoms with Crippen LogP contribution in [0.4, 0.5) is 20.4 Å². The molecule has 15 heteroatoms. The molecule has 4 N–H and O–H groups in total. The first-order valence-corrected chi connectivity index (χ1v) is 9.82. The van der Waals surface area contributed by atoms with Crippen LogP contribution in [0.2, 0.25) is 0 Å². The molecule has 28 heavy (non-hydrogen) atoms. The number of hydrogen-bond donors (Lipinski definition) is 4. The number of hydrogen-bond acceptors (Lipinski definition) is 9. The van der Waals surface area contributed by atoms with Gasteiger partial charge >= 0.3 is 12.2 Å². The summed E-state index contributed by atoms with van der Waals surface area (Å²) in [5, 5.41) is 11.9. The predicted molar refractivity (Wildman–Crippen MR) is 88.3 cm³/mol. The van der Waals surface area contributed by atoms with Gasteiger partial charge in [0.25, 0.3) is 20.2 Å². The van der Waals surface area contributed by atoms with Crippen molar-refractivity contribution in [2.75, 3.05) is 5.32 Å². The molecule has 3 rings (SSSR count). The van der Waals surface area contributed by atoms with Crippen molar-refractivity contribution in [1.82, 2.24) is 15.0 Å². The Labute approximate surface area is 155 Å². The molecule has 0 atom stereocenters. The number of rotatable bonds is 4. The van der Waals surface area contributed by atoms with Gasteiger partial charge in [0.2, 0.25) is 5.95 Å². The fraction of sp³-hybridized carbons (Fsp3) is 0. The van der Waals surface area contributed by atoms with Crippen molar-refractivity contribution in [3.8, 4) is 5.75 Å². The number of aromatic hydroxyl groups is 1. The molecular formula is C13H8F2N4O7S2. The lowest BCUT2D eigenvalue weighted by Gasteiger charge is -2.13. The van der Waals surface area contributed by atoms with Crippen LogP contribution < -0.4 is 5.32 Å². The van der Waals surface area contributed by atoms with Crippen LogP contribution in [0.25, 0.3) is 10.8 Å². The highest BCUT2D eigenvalue weighted by Gasteiger charge is 2.20. The van der Waals surface area contributed by atoms with E-state index in [1.807, 2.05) is 0 Å². The Morgan fingerprint density at radius 1 is 0.821 bits per heavy atom. The molecule has 0 aliphatic rings. The summed E-state index contributed by atoms with van der Waals surface area (Å²) >= 11 is 0. The molecule has 0 saturated carbocycles. The zero-order chi connectivity index (χ0) is 20.9. The SMILES string of the molecule is O=S(=O)(O)c1cc(O)c2c(Nc3nc(F)nc(F)n3)cc(S(=O)(=O)O)cc2c1. The summed E-state index contributed by atoms with van der Waals surface area (Å²) in [6, 6.07) is 3.05. The van der Waals surface area contributed by atoms with Crippen LogP contribution in [-0.4, -0.2) is 46.0 Å². The number of aromatic nitrogens is 3. The van der Waals surface area contributed by atoms with E-state index in [0.717, 1.165) is 18.2 Å². The number of halogens is 2. The van der Waals surface area contributed by atoms with E-state index in [9.17, 15) is 35.3 Å². The van der Waals surface area contributed by atoms with Crippen LogP contribution in [0.15, 0.2) is 34.1 Å². The second-order valence-corrected chi connectivity index (χ2v) is 8.13. The third-order valence-corrected chi connectivity index (χ3v) is 5.06.